The largest absolute Gasteiger partial charge is 0.478 e. The minimum Gasteiger partial charge on any atom is -0.478 e. The van der Waals surface area contributed by atoms with Gasteiger partial charge in [-0.1, -0.05) is 37.5 Å². The van der Waals surface area contributed by atoms with Gasteiger partial charge in [0.2, 0.25) is 0 Å². The van der Waals surface area contributed by atoms with E-state index in [9.17, 15) is 14.7 Å². The van der Waals surface area contributed by atoms with Crippen molar-refractivity contribution in [3.05, 3.63) is 51.9 Å². The van der Waals surface area contributed by atoms with Crippen LogP contribution in [-0.2, 0) is 0 Å². The first-order valence-corrected chi connectivity index (χ1v) is 9.12. The number of rotatable bonds is 4. The summed E-state index contributed by atoms with van der Waals surface area (Å²) in [6.07, 6.45) is 5.57. The van der Waals surface area contributed by atoms with Crippen LogP contribution in [0.4, 0.5) is 5.00 Å². The molecule has 0 spiro atoms. The number of hydrogen-bond acceptors (Lipinski definition) is 3. The predicted molar refractivity (Wildman–Crippen MR) is 96.2 cm³/mol. The summed E-state index contributed by atoms with van der Waals surface area (Å²) in [5.74, 6) is -0.929. The van der Waals surface area contributed by atoms with Gasteiger partial charge in [-0.15, -0.1) is 11.3 Å². The van der Waals surface area contributed by atoms with Crippen molar-refractivity contribution >= 4 is 28.2 Å². The SMILES string of the molecule is Cc1sc(NC(=O)c2ccccc2)c(C(=O)O)c1C1CCCCC1. The number of aryl methyl sites for hydroxylation is 1. The summed E-state index contributed by atoms with van der Waals surface area (Å²) in [5.41, 5.74) is 1.74. The highest BCUT2D eigenvalue weighted by Gasteiger charge is 2.29. The number of amides is 1. The van der Waals surface area contributed by atoms with Crippen LogP contribution in [0.5, 0.6) is 0 Å². The van der Waals surface area contributed by atoms with Gasteiger partial charge in [0.25, 0.3) is 5.91 Å². The number of carboxylic acid groups (broad SMARTS) is 1. The molecule has 4 nitrogen and oxygen atoms in total. The molecule has 24 heavy (non-hydrogen) atoms. The molecule has 3 rings (SSSR count). The second-order valence-electron chi connectivity index (χ2n) is 6.24. The summed E-state index contributed by atoms with van der Waals surface area (Å²) in [5, 5.41) is 13.0. The lowest BCUT2D eigenvalue weighted by atomic mass is 9.82. The minimum atomic E-state index is -0.955. The molecule has 0 unspecified atom stereocenters. The molecule has 1 aromatic heterocycles. The van der Waals surface area contributed by atoms with Crippen molar-refractivity contribution in [3.63, 3.8) is 0 Å². The Hall–Kier alpha value is -2.14. The monoisotopic (exact) mass is 343 g/mol. The maximum absolute atomic E-state index is 12.4. The van der Waals surface area contributed by atoms with E-state index in [0.717, 1.165) is 36.1 Å². The molecule has 0 bridgehead atoms. The third-order valence-electron chi connectivity index (χ3n) is 4.62. The average molecular weight is 343 g/mol. The van der Waals surface area contributed by atoms with E-state index in [0.29, 0.717) is 16.5 Å². The first-order valence-electron chi connectivity index (χ1n) is 8.31. The highest BCUT2D eigenvalue weighted by molar-refractivity contribution is 7.16. The van der Waals surface area contributed by atoms with Crippen LogP contribution in [0.3, 0.4) is 0 Å². The molecule has 0 saturated heterocycles. The third kappa shape index (κ3) is 3.36. The van der Waals surface area contributed by atoms with Crippen LogP contribution in [0.1, 0.15) is 69.2 Å². The number of anilines is 1. The van der Waals surface area contributed by atoms with Gasteiger partial charge in [-0.3, -0.25) is 4.79 Å². The fourth-order valence-electron chi connectivity index (χ4n) is 3.51. The van der Waals surface area contributed by atoms with E-state index in [2.05, 4.69) is 5.32 Å². The number of thiophene rings is 1. The Morgan fingerprint density at radius 3 is 2.42 bits per heavy atom. The minimum absolute atomic E-state index is 0.269. The van der Waals surface area contributed by atoms with Gasteiger partial charge in [0.1, 0.15) is 5.00 Å². The summed E-state index contributed by atoms with van der Waals surface area (Å²) in [6, 6.07) is 8.87. The number of benzene rings is 1. The lowest BCUT2D eigenvalue weighted by Gasteiger charge is -2.22. The van der Waals surface area contributed by atoms with Crippen molar-refractivity contribution in [3.8, 4) is 0 Å². The van der Waals surface area contributed by atoms with E-state index in [1.807, 2.05) is 13.0 Å². The Labute approximate surface area is 145 Å². The molecule has 0 aliphatic heterocycles. The fourth-order valence-corrected chi connectivity index (χ4v) is 4.63. The summed E-state index contributed by atoms with van der Waals surface area (Å²) in [7, 11) is 0. The molecule has 1 aliphatic rings. The van der Waals surface area contributed by atoms with E-state index in [-0.39, 0.29) is 11.5 Å². The first kappa shape index (κ1) is 16.7. The van der Waals surface area contributed by atoms with E-state index < -0.39 is 5.97 Å². The average Bonchev–Trinajstić information content (AvgIpc) is 2.92. The lowest BCUT2D eigenvalue weighted by Crippen LogP contribution is -2.15. The summed E-state index contributed by atoms with van der Waals surface area (Å²) < 4.78 is 0. The van der Waals surface area contributed by atoms with Crippen LogP contribution in [0.25, 0.3) is 0 Å². The predicted octanol–water partition coefficient (Wildman–Crippen LogP) is 5.05. The Morgan fingerprint density at radius 2 is 1.79 bits per heavy atom. The van der Waals surface area contributed by atoms with E-state index in [1.165, 1.54) is 17.8 Å². The van der Waals surface area contributed by atoms with Crippen LogP contribution in [0.2, 0.25) is 0 Å². The van der Waals surface area contributed by atoms with Crippen molar-refractivity contribution in [2.75, 3.05) is 5.32 Å². The van der Waals surface area contributed by atoms with Gasteiger partial charge in [-0.25, -0.2) is 4.79 Å². The topological polar surface area (TPSA) is 66.4 Å². The third-order valence-corrected chi connectivity index (χ3v) is 5.66. The second-order valence-corrected chi connectivity index (χ2v) is 7.46. The molecule has 126 valence electrons. The Balaban J connectivity index is 1.93. The molecule has 5 heteroatoms. The van der Waals surface area contributed by atoms with Crippen molar-refractivity contribution in [1.82, 2.24) is 0 Å². The molecule has 0 radical (unpaired) electrons. The molecule has 0 atom stereocenters. The quantitative estimate of drug-likeness (QED) is 0.816. The van der Waals surface area contributed by atoms with Gasteiger partial charge >= 0.3 is 5.97 Å². The molecule has 2 N–H and O–H groups in total. The van der Waals surface area contributed by atoms with E-state index in [1.54, 1.807) is 24.3 Å². The lowest BCUT2D eigenvalue weighted by molar-refractivity contribution is 0.0696. The molecule has 1 aliphatic carbocycles. The Kier molecular flexibility index (Phi) is 5.00. The smallest absolute Gasteiger partial charge is 0.339 e. The van der Waals surface area contributed by atoms with Gasteiger partial charge in [0.15, 0.2) is 0 Å². The van der Waals surface area contributed by atoms with Crippen LogP contribution in [-0.4, -0.2) is 17.0 Å². The standard InChI is InChI=1S/C19H21NO3S/c1-12-15(13-8-4-2-5-9-13)16(19(22)23)18(24-12)20-17(21)14-10-6-3-7-11-14/h3,6-7,10-11,13H,2,4-5,8-9H2,1H3,(H,20,21)(H,22,23). The van der Waals surface area contributed by atoms with Gasteiger partial charge in [-0.2, -0.15) is 0 Å². The number of carbonyl (C=O) groups excluding carboxylic acids is 1. The first-order chi connectivity index (χ1) is 11.6. The molecule has 1 fully saturated rings. The normalized spacial score (nSPS) is 15.2. The number of carbonyl (C=O) groups is 2. The number of hydrogen-bond donors (Lipinski definition) is 2. The Bertz CT molecular complexity index is 745. The maximum atomic E-state index is 12.4. The van der Waals surface area contributed by atoms with Crippen LogP contribution < -0.4 is 5.32 Å². The molecule has 1 amide bonds. The van der Waals surface area contributed by atoms with Gasteiger partial charge in [-0.05, 0) is 43.4 Å². The fraction of sp³-hybridized carbons (Fsp3) is 0.368. The van der Waals surface area contributed by atoms with Crippen molar-refractivity contribution < 1.29 is 14.7 Å². The maximum Gasteiger partial charge on any atom is 0.339 e. The molecular weight excluding hydrogens is 322 g/mol. The molecular formula is C19H21NO3S. The number of nitrogens with one attached hydrogen (secondary N) is 1. The summed E-state index contributed by atoms with van der Waals surface area (Å²) in [6.45, 7) is 1.96. The number of aromatic carboxylic acids is 1. The highest BCUT2D eigenvalue weighted by atomic mass is 32.1. The van der Waals surface area contributed by atoms with Gasteiger partial charge in [0, 0.05) is 10.4 Å². The number of carboxylic acids is 1. The summed E-state index contributed by atoms with van der Waals surface area (Å²) >= 11 is 1.37. The van der Waals surface area contributed by atoms with Gasteiger partial charge < -0.3 is 10.4 Å². The van der Waals surface area contributed by atoms with E-state index in [4.69, 9.17) is 0 Å². The van der Waals surface area contributed by atoms with Crippen molar-refractivity contribution in [2.24, 2.45) is 0 Å². The molecule has 2 aromatic rings. The van der Waals surface area contributed by atoms with Crippen molar-refractivity contribution in [1.29, 1.82) is 0 Å². The van der Waals surface area contributed by atoms with E-state index >= 15 is 0 Å². The van der Waals surface area contributed by atoms with Crippen LogP contribution in [0.15, 0.2) is 30.3 Å². The van der Waals surface area contributed by atoms with Crippen LogP contribution >= 0.6 is 11.3 Å². The second kappa shape index (κ2) is 7.18. The molecule has 1 saturated carbocycles. The Morgan fingerprint density at radius 1 is 1.12 bits per heavy atom. The zero-order valence-electron chi connectivity index (χ0n) is 13.7. The van der Waals surface area contributed by atoms with Crippen LogP contribution in [0, 0.1) is 6.92 Å². The van der Waals surface area contributed by atoms with Gasteiger partial charge in [0.05, 0.1) is 5.56 Å². The molecule has 1 heterocycles. The summed E-state index contributed by atoms with van der Waals surface area (Å²) in [4.78, 5) is 25.3. The highest BCUT2D eigenvalue weighted by Crippen LogP contribution is 2.43. The zero-order chi connectivity index (χ0) is 17.1. The zero-order valence-corrected chi connectivity index (χ0v) is 14.5. The van der Waals surface area contributed by atoms with Crippen molar-refractivity contribution in [2.45, 2.75) is 44.9 Å². The molecule has 1 aromatic carbocycles.